The average molecular weight is 338 g/mol. The molecule has 0 atom stereocenters. The van der Waals surface area contributed by atoms with Crippen molar-refractivity contribution in [3.8, 4) is 5.75 Å². The molecule has 0 saturated carbocycles. The van der Waals surface area contributed by atoms with Gasteiger partial charge in [0.15, 0.2) is 0 Å². The van der Waals surface area contributed by atoms with Gasteiger partial charge < -0.3 is 0 Å². The molecule has 0 unspecified atom stereocenters. The minimum absolute atomic E-state index is 0.107. The SMILES string of the molecule is CC.Cc1c(C(=O)Nc2ccc(O[Se])cc2)ccn1C. The number of aromatic nitrogens is 1. The van der Waals surface area contributed by atoms with E-state index in [1.54, 1.807) is 24.3 Å². The number of hydrogen-bond acceptors (Lipinski definition) is 2. The number of anilines is 1. The van der Waals surface area contributed by atoms with E-state index in [1.807, 2.05) is 44.6 Å². The van der Waals surface area contributed by atoms with E-state index in [9.17, 15) is 4.79 Å². The second kappa shape index (κ2) is 7.78. The summed E-state index contributed by atoms with van der Waals surface area (Å²) in [6, 6.07) is 8.96. The molecule has 1 aromatic carbocycles. The van der Waals surface area contributed by atoms with Crippen LogP contribution >= 0.6 is 0 Å². The molecule has 1 heterocycles. The van der Waals surface area contributed by atoms with Crippen LogP contribution in [0.3, 0.4) is 0 Å². The Bertz CT molecular complexity index is 562. The molecule has 5 heteroatoms. The van der Waals surface area contributed by atoms with E-state index in [-0.39, 0.29) is 5.91 Å². The van der Waals surface area contributed by atoms with Gasteiger partial charge in [-0.2, -0.15) is 0 Å². The standard InChI is InChI=1S/C13H13N2O2Se.C2H6/c1-9-12(7-8-15(9)2)13(16)14-10-3-5-11(17-18)6-4-10;1-2/h3-8H,1-2H3,(H,14,16);1-2H3. The fraction of sp³-hybridized carbons (Fsp3) is 0.267. The van der Waals surface area contributed by atoms with Crippen LogP contribution in [0, 0.1) is 6.92 Å². The fourth-order valence-electron chi connectivity index (χ4n) is 1.64. The van der Waals surface area contributed by atoms with E-state index < -0.39 is 0 Å². The van der Waals surface area contributed by atoms with Crippen LogP contribution in [0.25, 0.3) is 0 Å². The Morgan fingerprint density at radius 3 is 2.25 bits per heavy atom. The predicted molar refractivity (Wildman–Crippen MR) is 82.3 cm³/mol. The average Bonchev–Trinajstić information content (AvgIpc) is 2.82. The van der Waals surface area contributed by atoms with Crippen molar-refractivity contribution in [1.82, 2.24) is 4.57 Å². The van der Waals surface area contributed by atoms with Crippen LogP contribution in [-0.2, 0) is 7.05 Å². The van der Waals surface area contributed by atoms with Crippen LogP contribution in [0.1, 0.15) is 29.9 Å². The molecule has 0 aliphatic heterocycles. The first-order valence-electron chi connectivity index (χ1n) is 6.45. The third kappa shape index (κ3) is 3.89. The summed E-state index contributed by atoms with van der Waals surface area (Å²) in [4.78, 5) is 12.0. The van der Waals surface area contributed by atoms with Gasteiger partial charge >= 0.3 is 114 Å². The minimum atomic E-state index is -0.107. The van der Waals surface area contributed by atoms with Gasteiger partial charge in [0, 0.05) is 0 Å². The molecule has 2 rings (SSSR count). The summed E-state index contributed by atoms with van der Waals surface area (Å²) in [6.07, 6.45) is 1.87. The van der Waals surface area contributed by atoms with Gasteiger partial charge in [0.1, 0.15) is 0 Å². The van der Waals surface area contributed by atoms with E-state index in [4.69, 9.17) is 3.82 Å². The maximum atomic E-state index is 12.0. The number of benzene rings is 1. The van der Waals surface area contributed by atoms with Gasteiger partial charge in [0.2, 0.25) is 0 Å². The van der Waals surface area contributed by atoms with Crippen LogP contribution < -0.4 is 9.14 Å². The molecule has 4 nitrogen and oxygen atoms in total. The van der Waals surface area contributed by atoms with Crippen molar-refractivity contribution < 1.29 is 8.61 Å². The quantitative estimate of drug-likeness (QED) is 0.874. The van der Waals surface area contributed by atoms with Gasteiger partial charge in [0.05, 0.1) is 0 Å². The van der Waals surface area contributed by atoms with E-state index in [2.05, 4.69) is 21.7 Å². The summed E-state index contributed by atoms with van der Waals surface area (Å²) in [5.74, 6) is 0.605. The van der Waals surface area contributed by atoms with Crippen molar-refractivity contribution in [1.29, 1.82) is 0 Å². The Hall–Kier alpha value is -1.71. The molecule has 0 spiro atoms. The van der Waals surface area contributed by atoms with Gasteiger partial charge in [0.25, 0.3) is 0 Å². The summed E-state index contributed by atoms with van der Waals surface area (Å²) in [5, 5.41) is 2.85. The van der Waals surface area contributed by atoms with Crippen LogP contribution in [0.15, 0.2) is 36.5 Å². The Morgan fingerprint density at radius 2 is 1.80 bits per heavy atom. The van der Waals surface area contributed by atoms with E-state index in [1.165, 1.54) is 0 Å². The molecule has 1 amide bonds. The molecular formula is C15H19N2O2Se. The van der Waals surface area contributed by atoms with Crippen molar-refractivity contribution in [3.05, 3.63) is 47.8 Å². The maximum absolute atomic E-state index is 12.0. The van der Waals surface area contributed by atoms with Gasteiger partial charge in [-0.15, -0.1) is 0 Å². The number of rotatable bonds is 3. The number of amides is 1. The first-order chi connectivity index (χ1) is 9.61. The summed E-state index contributed by atoms with van der Waals surface area (Å²) in [5.41, 5.74) is 2.36. The molecule has 107 valence electrons. The number of nitrogens with one attached hydrogen (secondary N) is 1. The van der Waals surface area contributed by atoms with Crippen molar-refractivity contribution in [2.45, 2.75) is 20.8 Å². The first kappa shape index (κ1) is 16.3. The zero-order chi connectivity index (χ0) is 15.1. The number of aryl methyl sites for hydroxylation is 1. The first-order valence-corrected chi connectivity index (χ1v) is 7.15. The number of carbonyl (C=O) groups is 1. The van der Waals surface area contributed by atoms with Gasteiger partial charge in [-0.3, -0.25) is 0 Å². The van der Waals surface area contributed by atoms with E-state index >= 15 is 0 Å². The fourth-order valence-corrected chi connectivity index (χ4v) is 1.87. The molecular weight excluding hydrogens is 319 g/mol. The predicted octanol–water partition coefficient (Wildman–Crippen LogP) is 3.07. The molecule has 0 saturated heterocycles. The van der Waals surface area contributed by atoms with Crippen LogP contribution in [-0.4, -0.2) is 26.8 Å². The summed E-state index contributed by atoms with van der Waals surface area (Å²) in [7, 11) is 1.91. The third-order valence-corrected chi connectivity index (χ3v) is 3.24. The molecule has 1 aromatic heterocycles. The normalized spacial score (nSPS) is 9.45. The van der Waals surface area contributed by atoms with E-state index in [0.717, 1.165) is 11.4 Å². The zero-order valence-electron chi connectivity index (χ0n) is 12.1. The summed E-state index contributed by atoms with van der Waals surface area (Å²) >= 11 is 2.47. The topological polar surface area (TPSA) is 43.3 Å². The van der Waals surface area contributed by atoms with Gasteiger partial charge in [-0.1, -0.05) is 13.8 Å². The van der Waals surface area contributed by atoms with E-state index in [0.29, 0.717) is 11.3 Å². The molecule has 0 bridgehead atoms. The zero-order valence-corrected chi connectivity index (χ0v) is 13.8. The van der Waals surface area contributed by atoms with Crippen molar-refractivity contribution in [3.63, 3.8) is 0 Å². The van der Waals surface area contributed by atoms with Gasteiger partial charge in [-0.05, 0) is 0 Å². The number of hydrogen-bond donors (Lipinski definition) is 1. The van der Waals surface area contributed by atoms with Crippen LogP contribution in [0.4, 0.5) is 5.69 Å². The molecule has 0 fully saturated rings. The molecule has 20 heavy (non-hydrogen) atoms. The Balaban J connectivity index is 0.000000956. The number of nitrogens with zero attached hydrogens (tertiary/aromatic N) is 1. The second-order valence-electron chi connectivity index (χ2n) is 3.99. The number of carbonyl (C=O) groups excluding carboxylic acids is 1. The third-order valence-electron chi connectivity index (χ3n) is 2.84. The van der Waals surface area contributed by atoms with Crippen molar-refractivity contribution in [2.75, 3.05) is 5.32 Å². The van der Waals surface area contributed by atoms with Crippen molar-refractivity contribution in [2.24, 2.45) is 7.05 Å². The molecule has 1 N–H and O–H groups in total. The molecule has 2 aromatic rings. The molecule has 1 radical (unpaired) electrons. The summed E-state index contributed by atoms with van der Waals surface area (Å²) in [6.45, 7) is 5.92. The monoisotopic (exact) mass is 339 g/mol. The Labute approximate surface area is 128 Å². The Morgan fingerprint density at radius 1 is 1.20 bits per heavy atom. The molecule has 0 aliphatic rings. The van der Waals surface area contributed by atoms with Gasteiger partial charge in [-0.25, -0.2) is 0 Å². The Kier molecular flexibility index (Phi) is 6.35. The molecule has 0 aliphatic carbocycles. The van der Waals surface area contributed by atoms with Crippen LogP contribution in [0.2, 0.25) is 0 Å². The van der Waals surface area contributed by atoms with Crippen molar-refractivity contribution >= 4 is 27.9 Å². The summed E-state index contributed by atoms with van der Waals surface area (Å²) < 4.78 is 6.86. The van der Waals surface area contributed by atoms with Crippen LogP contribution in [0.5, 0.6) is 5.75 Å². The second-order valence-corrected chi connectivity index (χ2v) is 4.34.